The van der Waals surface area contributed by atoms with Crippen molar-refractivity contribution >= 4 is 11.0 Å². The molecule has 1 aliphatic rings. The molecule has 1 saturated carbocycles. The predicted octanol–water partition coefficient (Wildman–Crippen LogP) is 3.44. The maximum Gasteiger partial charge on any atom is 0.316 e. The molecule has 0 bridgehead atoms. The van der Waals surface area contributed by atoms with Gasteiger partial charge < -0.3 is 9.51 Å². The van der Waals surface area contributed by atoms with Gasteiger partial charge in [-0.1, -0.05) is 30.8 Å². The van der Waals surface area contributed by atoms with Gasteiger partial charge in [0, 0.05) is 18.0 Å². The van der Waals surface area contributed by atoms with Crippen LogP contribution in [0.3, 0.4) is 0 Å². The Morgan fingerprint density at radius 3 is 2.78 bits per heavy atom. The van der Waals surface area contributed by atoms with Crippen LogP contribution in [0.5, 0.6) is 0 Å². The summed E-state index contributed by atoms with van der Waals surface area (Å²) in [7, 11) is 0. The number of benzene rings is 1. The number of hydrogen-bond donors (Lipinski definition) is 1. The smallest absolute Gasteiger partial charge is 0.316 e. The van der Waals surface area contributed by atoms with Gasteiger partial charge in [-0.15, -0.1) is 0 Å². The number of rotatable bonds is 5. The number of fused-ring (bicyclic) bond motifs is 1. The van der Waals surface area contributed by atoms with Gasteiger partial charge >= 0.3 is 11.1 Å². The minimum atomic E-state index is -0.626. The lowest BCUT2D eigenvalue weighted by Gasteiger charge is -2.13. The summed E-state index contributed by atoms with van der Waals surface area (Å²) in [5, 5.41) is 4.09. The van der Waals surface area contributed by atoms with Crippen LogP contribution < -0.4 is 11.1 Å². The number of aromatic amines is 1. The minimum absolute atomic E-state index is 0.111. The largest absolute Gasteiger partial charge is 0.339 e. The summed E-state index contributed by atoms with van der Waals surface area (Å²) in [5.41, 5.74) is 0.854. The van der Waals surface area contributed by atoms with Gasteiger partial charge in [-0.05, 0) is 44.4 Å². The summed E-state index contributed by atoms with van der Waals surface area (Å²) >= 11 is 0. The Hall–Kier alpha value is -2.70. The van der Waals surface area contributed by atoms with Crippen LogP contribution in [-0.2, 0) is 6.42 Å². The fourth-order valence-corrected chi connectivity index (χ4v) is 3.99. The van der Waals surface area contributed by atoms with Crippen molar-refractivity contribution in [2.24, 2.45) is 5.92 Å². The first-order valence-corrected chi connectivity index (χ1v) is 9.64. The molecule has 0 aliphatic heterocycles. The number of H-pyrrole nitrogens is 1. The van der Waals surface area contributed by atoms with E-state index in [0.717, 1.165) is 24.3 Å². The molecule has 0 atom stereocenters. The average Bonchev–Trinajstić information content (AvgIpc) is 3.32. The quantitative estimate of drug-likeness (QED) is 0.696. The molecule has 0 amide bonds. The van der Waals surface area contributed by atoms with Crippen molar-refractivity contribution in [2.75, 3.05) is 0 Å². The third kappa shape index (κ3) is 3.46. The van der Waals surface area contributed by atoms with Gasteiger partial charge in [0.05, 0.1) is 11.0 Å². The van der Waals surface area contributed by atoms with Gasteiger partial charge in [0.2, 0.25) is 11.7 Å². The first kappa shape index (κ1) is 17.7. The Morgan fingerprint density at radius 2 is 2.04 bits per heavy atom. The highest BCUT2D eigenvalue weighted by molar-refractivity contribution is 5.80. The van der Waals surface area contributed by atoms with Crippen molar-refractivity contribution in [3.05, 3.63) is 44.8 Å². The van der Waals surface area contributed by atoms with Crippen molar-refractivity contribution in [3.63, 3.8) is 0 Å². The van der Waals surface area contributed by atoms with Crippen LogP contribution in [0.2, 0.25) is 0 Å². The third-order valence-electron chi connectivity index (χ3n) is 5.40. The Labute approximate surface area is 156 Å². The Bertz CT molecular complexity index is 1070. The summed E-state index contributed by atoms with van der Waals surface area (Å²) in [6, 6.07) is 5.35. The summed E-state index contributed by atoms with van der Waals surface area (Å²) < 4.78 is 6.91. The normalized spacial score (nSPS) is 15.2. The van der Waals surface area contributed by atoms with Crippen molar-refractivity contribution in [3.8, 4) is 11.4 Å². The molecule has 0 spiro atoms. The monoisotopic (exact) mass is 368 g/mol. The maximum absolute atomic E-state index is 12.1. The van der Waals surface area contributed by atoms with Crippen LogP contribution in [0.25, 0.3) is 22.4 Å². The van der Waals surface area contributed by atoms with Gasteiger partial charge in [0.15, 0.2) is 0 Å². The van der Waals surface area contributed by atoms with Crippen LogP contribution in [0.1, 0.15) is 57.9 Å². The molecule has 4 rings (SSSR count). The molecule has 0 unspecified atom stereocenters. The van der Waals surface area contributed by atoms with E-state index < -0.39 is 11.1 Å². The second-order valence-electron chi connectivity index (χ2n) is 7.66. The predicted molar refractivity (Wildman–Crippen MR) is 103 cm³/mol. The highest BCUT2D eigenvalue weighted by atomic mass is 16.5. The van der Waals surface area contributed by atoms with E-state index >= 15 is 0 Å². The standard InChI is InChI=1S/C20H24N4O3/c1-12(2)24-16-9-8-14(11-15(16)21-19(25)20(24)26)18-22-17(27-23-18)10-7-13-5-3-4-6-13/h8-9,11-13H,3-7,10H2,1-2H3,(H,21,25). The molecule has 27 heavy (non-hydrogen) atoms. The molecule has 2 aromatic heterocycles. The molecule has 7 heteroatoms. The van der Waals surface area contributed by atoms with Crippen molar-refractivity contribution in [1.29, 1.82) is 0 Å². The SMILES string of the molecule is CC(C)n1c(=O)c(=O)[nH]c2cc(-c3noc(CCC4CCCC4)n3)ccc21. The maximum atomic E-state index is 12.1. The molecule has 0 radical (unpaired) electrons. The van der Waals surface area contributed by atoms with Crippen LogP contribution in [0, 0.1) is 5.92 Å². The number of aryl methyl sites for hydroxylation is 1. The number of nitrogens with one attached hydrogen (secondary N) is 1. The van der Waals surface area contributed by atoms with E-state index in [4.69, 9.17) is 4.52 Å². The molecule has 1 fully saturated rings. The topological polar surface area (TPSA) is 93.8 Å². The molecular formula is C20H24N4O3. The number of nitrogens with zero attached hydrogens (tertiary/aromatic N) is 3. The zero-order chi connectivity index (χ0) is 19.0. The van der Waals surface area contributed by atoms with Crippen LogP contribution >= 0.6 is 0 Å². The van der Waals surface area contributed by atoms with Crippen molar-refractivity contribution in [2.45, 2.75) is 58.4 Å². The van der Waals surface area contributed by atoms with E-state index in [2.05, 4.69) is 15.1 Å². The van der Waals surface area contributed by atoms with E-state index in [-0.39, 0.29) is 6.04 Å². The number of aromatic nitrogens is 4. The average molecular weight is 368 g/mol. The van der Waals surface area contributed by atoms with Gasteiger partial charge in [-0.2, -0.15) is 4.98 Å². The summed E-state index contributed by atoms with van der Waals surface area (Å²) in [6.45, 7) is 3.76. The van der Waals surface area contributed by atoms with Crippen LogP contribution in [0.15, 0.2) is 32.3 Å². The van der Waals surface area contributed by atoms with E-state index in [1.54, 1.807) is 6.07 Å². The molecule has 7 nitrogen and oxygen atoms in total. The second-order valence-corrected chi connectivity index (χ2v) is 7.66. The molecule has 1 aromatic carbocycles. The lowest BCUT2D eigenvalue weighted by Crippen LogP contribution is -2.37. The van der Waals surface area contributed by atoms with Gasteiger partial charge in [-0.3, -0.25) is 14.2 Å². The zero-order valence-corrected chi connectivity index (χ0v) is 15.7. The van der Waals surface area contributed by atoms with Crippen molar-refractivity contribution < 1.29 is 4.52 Å². The van der Waals surface area contributed by atoms with E-state index in [1.807, 2.05) is 26.0 Å². The van der Waals surface area contributed by atoms with Gasteiger partial charge in [-0.25, -0.2) is 0 Å². The zero-order valence-electron chi connectivity index (χ0n) is 15.7. The molecule has 1 aliphatic carbocycles. The Morgan fingerprint density at radius 1 is 1.26 bits per heavy atom. The van der Waals surface area contributed by atoms with Crippen LogP contribution in [0.4, 0.5) is 0 Å². The highest BCUT2D eigenvalue weighted by Gasteiger charge is 2.17. The second kappa shape index (κ2) is 7.13. The molecule has 2 heterocycles. The molecule has 1 N–H and O–H groups in total. The Balaban J connectivity index is 1.63. The van der Waals surface area contributed by atoms with Crippen molar-refractivity contribution in [1.82, 2.24) is 19.7 Å². The minimum Gasteiger partial charge on any atom is -0.339 e. The number of hydrogen-bond acceptors (Lipinski definition) is 5. The first-order valence-electron chi connectivity index (χ1n) is 9.64. The molecule has 0 saturated heterocycles. The molecule has 3 aromatic rings. The highest BCUT2D eigenvalue weighted by Crippen LogP contribution is 2.29. The lowest BCUT2D eigenvalue weighted by molar-refractivity contribution is 0.362. The van der Waals surface area contributed by atoms with E-state index in [9.17, 15) is 9.59 Å². The Kier molecular flexibility index (Phi) is 4.68. The fraction of sp³-hybridized carbons (Fsp3) is 0.500. The molecular weight excluding hydrogens is 344 g/mol. The van der Waals surface area contributed by atoms with Crippen LogP contribution in [-0.4, -0.2) is 19.7 Å². The molecule has 142 valence electrons. The summed E-state index contributed by atoms with van der Waals surface area (Å²) in [4.78, 5) is 31.3. The van der Waals surface area contributed by atoms with E-state index in [1.165, 1.54) is 30.3 Å². The summed E-state index contributed by atoms with van der Waals surface area (Å²) in [5.74, 6) is 1.93. The lowest BCUT2D eigenvalue weighted by atomic mass is 10.0. The fourth-order valence-electron chi connectivity index (χ4n) is 3.99. The van der Waals surface area contributed by atoms with Gasteiger partial charge in [0.1, 0.15) is 0 Å². The van der Waals surface area contributed by atoms with Gasteiger partial charge in [0.25, 0.3) is 0 Å². The van der Waals surface area contributed by atoms with E-state index in [0.29, 0.717) is 22.7 Å². The first-order chi connectivity index (χ1) is 13.0. The summed E-state index contributed by atoms with van der Waals surface area (Å²) in [6.07, 6.45) is 7.16. The third-order valence-corrected chi connectivity index (χ3v) is 5.40.